The Morgan fingerprint density at radius 1 is 1.23 bits per heavy atom. The summed E-state index contributed by atoms with van der Waals surface area (Å²) in [6.45, 7) is 5.90. The third-order valence-electron chi connectivity index (χ3n) is 5.13. The van der Waals surface area contributed by atoms with Crippen molar-refractivity contribution in [3.05, 3.63) is 59.1 Å². The smallest absolute Gasteiger partial charge is 0.259 e. The number of para-hydroxylation sites is 1. The second-order valence-corrected chi connectivity index (χ2v) is 9.35. The molecule has 31 heavy (non-hydrogen) atoms. The molecule has 0 bridgehead atoms. The van der Waals surface area contributed by atoms with E-state index in [9.17, 15) is 9.59 Å². The van der Waals surface area contributed by atoms with Gasteiger partial charge < -0.3 is 5.32 Å². The minimum Gasteiger partial charge on any atom is -0.325 e. The lowest BCUT2D eigenvalue weighted by molar-refractivity contribution is -0.125. The number of hydrogen-bond acceptors (Lipinski definition) is 5. The van der Waals surface area contributed by atoms with E-state index in [2.05, 4.69) is 5.32 Å². The topological polar surface area (TPSA) is 74.1 Å². The normalized spacial score (nSPS) is 18.3. The molecule has 0 aliphatic carbocycles. The molecule has 0 fully saturated rings. The van der Waals surface area contributed by atoms with E-state index < -0.39 is 11.3 Å². The molecule has 2 aliphatic heterocycles. The van der Waals surface area contributed by atoms with Crippen LogP contribution in [0, 0.1) is 5.92 Å². The minimum absolute atomic E-state index is 0.0668. The Morgan fingerprint density at radius 3 is 2.71 bits per heavy atom. The summed E-state index contributed by atoms with van der Waals surface area (Å²) in [5.41, 5.74) is 2.22. The Bertz CT molecular complexity index is 1100. The zero-order valence-corrected chi connectivity index (χ0v) is 19.1. The van der Waals surface area contributed by atoms with Gasteiger partial charge in [0.25, 0.3) is 5.91 Å². The average Bonchev–Trinajstić information content (AvgIpc) is 3.10. The number of nitrogens with one attached hydrogen (secondary N) is 1. The van der Waals surface area contributed by atoms with Gasteiger partial charge in [-0.25, -0.2) is 9.89 Å². The Labute approximate surface area is 190 Å². The van der Waals surface area contributed by atoms with Crippen LogP contribution in [0.3, 0.4) is 0 Å². The van der Waals surface area contributed by atoms with E-state index in [1.165, 1.54) is 11.8 Å². The van der Waals surface area contributed by atoms with Crippen LogP contribution in [0.1, 0.15) is 32.8 Å². The molecule has 1 N–H and O–H groups in total. The second-order valence-electron chi connectivity index (χ2n) is 7.74. The predicted octanol–water partition coefficient (Wildman–Crippen LogP) is 5.11. The Morgan fingerprint density at radius 2 is 2.00 bits per heavy atom. The monoisotopic (exact) mass is 454 g/mol. The number of rotatable bonds is 5. The molecule has 4 rings (SSSR count). The maximum absolute atomic E-state index is 13.2. The molecule has 2 amide bonds. The van der Waals surface area contributed by atoms with Crippen molar-refractivity contribution in [3.8, 4) is 0 Å². The fraction of sp³-hybridized carbons (Fsp3) is 0.304. The van der Waals surface area contributed by atoms with Gasteiger partial charge in [0, 0.05) is 16.3 Å². The number of thioether (sulfide) groups is 1. The van der Waals surface area contributed by atoms with Crippen LogP contribution in [-0.4, -0.2) is 39.0 Å². The maximum Gasteiger partial charge on any atom is 0.259 e. The number of amidine groups is 2. The molecule has 0 saturated heterocycles. The van der Waals surface area contributed by atoms with Gasteiger partial charge >= 0.3 is 0 Å². The fourth-order valence-electron chi connectivity index (χ4n) is 3.52. The van der Waals surface area contributed by atoms with Crippen LogP contribution < -0.4 is 5.32 Å². The first kappa shape index (κ1) is 21.6. The molecule has 0 spiro atoms. The molecular formula is C23H23ClN4O2S. The number of benzene rings is 2. The zero-order chi connectivity index (χ0) is 22.1. The zero-order valence-electron chi connectivity index (χ0n) is 17.5. The lowest BCUT2D eigenvalue weighted by Gasteiger charge is -2.27. The molecule has 0 saturated carbocycles. The molecule has 0 unspecified atom stereocenters. The number of aliphatic imine (C=N–C) groups is 2. The van der Waals surface area contributed by atoms with E-state index in [1.807, 2.05) is 45.0 Å². The van der Waals surface area contributed by atoms with Crippen LogP contribution in [-0.2, 0) is 9.59 Å². The predicted molar refractivity (Wildman–Crippen MR) is 127 cm³/mol. The Kier molecular flexibility index (Phi) is 6.16. The van der Waals surface area contributed by atoms with Crippen molar-refractivity contribution in [1.82, 2.24) is 4.90 Å². The van der Waals surface area contributed by atoms with Gasteiger partial charge in [0.1, 0.15) is 11.9 Å². The first-order valence-corrected chi connectivity index (χ1v) is 11.5. The van der Waals surface area contributed by atoms with Crippen molar-refractivity contribution in [1.29, 1.82) is 0 Å². The van der Waals surface area contributed by atoms with Crippen molar-refractivity contribution in [3.63, 3.8) is 0 Å². The van der Waals surface area contributed by atoms with Crippen molar-refractivity contribution < 1.29 is 9.59 Å². The van der Waals surface area contributed by atoms with Crippen LogP contribution in [0.25, 0.3) is 0 Å². The molecule has 8 heteroatoms. The molecular weight excluding hydrogens is 432 g/mol. The van der Waals surface area contributed by atoms with Gasteiger partial charge in [-0.2, -0.15) is 0 Å². The number of nitrogens with zero attached hydrogens (tertiary/aromatic N) is 3. The van der Waals surface area contributed by atoms with Crippen molar-refractivity contribution >= 4 is 57.6 Å². The van der Waals surface area contributed by atoms with Gasteiger partial charge in [0.05, 0.1) is 10.9 Å². The quantitative estimate of drug-likeness (QED) is 0.682. The average molecular weight is 455 g/mol. The number of halogens is 1. The summed E-state index contributed by atoms with van der Waals surface area (Å²) in [5, 5.41) is 3.51. The van der Waals surface area contributed by atoms with Gasteiger partial charge in [-0.05, 0) is 42.7 Å². The van der Waals surface area contributed by atoms with Gasteiger partial charge in [0.2, 0.25) is 5.91 Å². The van der Waals surface area contributed by atoms with Crippen molar-refractivity contribution in [2.24, 2.45) is 15.9 Å². The summed E-state index contributed by atoms with van der Waals surface area (Å²) in [7, 11) is 0. The summed E-state index contributed by atoms with van der Waals surface area (Å²) in [4.78, 5) is 37.2. The standard InChI is InChI=1S/C23H23ClN4O2S/c1-4-18(21(29)25-15-9-7-8-14(24)12-15)31-23-26-17-11-6-5-10-16(17)20-27-19(13(2)3)22(30)28(20)23/h5-13,18-19H,4H2,1-3H3,(H,25,29)/t18-,19+/m0/s1. The first-order chi connectivity index (χ1) is 14.9. The molecule has 2 heterocycles. The summed E-state index contributed by atoms with van der Waals surface area (Å²) < 4.78 is 0. The lowest BCUT2D eigenvalue weighted by Crippen LogP contribution is -2.43. The number of carbonyl (C=O) groups excluding carboxylic acids is 2. The molecule has 2 atom stereocenters. The number of amides is 2. The van der Waals surface area contributed by atoms with E-state index in [-0.39, 0.29) is 17.7 Å². The maximum atomic E-state index is 13.2. The molecule has 160 valence electrons. The number of carbonyl (C=O) groups is 2. The lowest BCUT2D eigenvalue weighted by atomic mass is 10.1. The third kappa shape index (κ3) is 4.25. The SMILES string of the molecule is CC[C@H](SC1=Nc2ccccc2C2=N[C@H](C(C)C)C(=O)N12)C(=O)Nc1cccc(Cl)c1. The van der Waals surface area contributed by atoms with Gasteiger partial charge in [-0.1, -0.05) is 62.3 Å². The number of anilines is 1. The Hall–Kier alpha value is -2.64. The van der Waals surface area contributed by atoms with E-state index in [1.54, 1.807) is 29.2 Å². The van der Waals surface area contributed by atoms with E-state index in [0.29, 0.717) is 28.1 Å². The molecule has 0 radical (unpaired) electrons. The second kappa shape index (κ2) is 8.85. The molecule has 0 aromatic heterocycles. The summed E-state index contributed by atoms with van der Waals surface area (Å²) >= 11 is 7.31. The highest BCUT2D eigenvalue weighted by atomic mass is 35.5. The van der Waals surface area contributed by atoms with Gasteiger partial charge in [-0.15, -0.1) is 0 Å². The molecule has 6 nitrogen and oxygen atoms in total. The highest BCUT2D eigenvalue weighted by molar-refractivity contribution is 8.15. The summed E-state index contributed by atoms with van der Waals surface area (Å²) in [6, 6.07) is 14.2. The van der Waals surface area contributed by atoms with Gasteiger partial charge in [-0.3, -0.25) is 14.6 Å². The first-order valence-electron chi connectivity index (χ1n) is 10.2. The molecule has 2 aliphatic rings. The van der Waals surface area contributed by atoms with Gasteiger partial charge in [0.15, 0.2) is 5.17 Å². The number of hydrogen-bond donors (Lipinski definition) is 1. The van der Waals surface area contributed by atoms with Crippen molar-refractivity contribution in [2.45, 2.75) is 38.5 Å². The van der Waals surface area contributed by atoms with Crippen molar-refractivity contribution in [2.75, 3.05) is 5.32 Å². The highest BCUT2D eigenvalue weighted by Crippen LogP contribution is 2.36. The van der Waals surface area contributed by atoms with E-state index in [0.717, 1.165) is 11.3 Å². The minimum atomic E-state index is -0.452. The van der Waals surface area contributed by atoms with E-state index >= 15 is 0 Å². The molecule has 2 aromatic carbocycles. The summed E-state index contributed by atoms with van der Waals surface area (Å²) in [5.74, 6) is 0.414. The number of fused-ring (bicyclic) bond motifs is 3. The summed E-state index contributed by atoms with van der Waals surface area (Å²) in [6.07, 6.45) is 0.569. The highest BCUT2D eigenvalue weighted by Gasteiger charge is 2.43. The molecule has 2 aromatic rings. The van der Waals surface area contributed by atoms with Crippen LogP contribution in [0.4, 0.5) is 11.4 Å². The van der Waals surface area contributed by atoms with E-state index in [4.69, 9.17) is 21.6 Å². The van der Waals surface area contributed by atoms with Crippen LogP contribution in [0.2, 0.25) is 5.02 Å². The fourth-order valence-corrected chi connectivity index (χ4v) is 4.73. The van der Waals surface area contributed by atoms with Crippen LogP contribution in [0.5, 0.6) is 0 Å². The van der Waals surface area contributed by atoms with Crippen LogP contribution >= 0.6 is 23.4 Å². The Balaban J connectivity index is 1.63. The third-order valence-corrected chi connectivity index (χ3v) is 6.69. The van der Waals surface area contributed by atoms with Crippen LogP contribution in [0.15, 0.2) is 58.5 Å². The largest absolute Gasteiger partial charge is 0.325 e.